The number of amides is 1. The molecule has 0 saturated carbocycles. The fourth-order valence-corrected chi connectivity index (χ4v) is 4.05. The van der Waals surface area contributed by atoms with Gasteiger partial charge >= 0.3 is 0 Å². The number of aromatic nitrogens is 3. The van der Waals surface area contributed by atoms with Crippen LogP contribution in [0.3, 0.4) is 0 Å². The molecule has 0 N–H and O–H groups in total. The number of rotatable bonds is 4. The predicted octanol–water partition coefficient (Wildman–Crippen LogP) is 3.13. The molecule has 1 aliphatic heterocycles. The van der Waals surface area contributed by atoms with Gasteiger partial charge in [0.2, 0.25) is 5.91 Å². The van der Waals surface area contributed by atoms with Crippen LogP contribution < -0.4 is 0 Å². The van der Waals surface area contributed by atoms with Crippen LogP contribution in [0.4, 0.5) is 0 Å². The number of hydrogen-bond donors (Lipinski definition) is 0. The Hall–Kier alpha value is -1.40. The summed E-state index contributed by atoms with van der Waals surface area (Å²) in [7, 11) is 1.84. The van der Waals surface area contributed by atoms with Crippen molar-refractivity contribution in [1.82, 2.24) is 19.7 Å². The maximum Gasteiger partial charge on any atom is 0.223 e. The maximum atomic E-state index is 12.6. The Balaban J connectivity index is 1.73. The first-order valence-electron chi connectivity index (χ1n) is 7.44. The largest absolute Gasteiger partial charge is 0.335 e. The van der Waals surface area contributed by atoms with E-state index < -0.39 is 0 Å². The molecule has 1 saturated heterocycles. The first kappa shape index (κ1) is 15.5. The molecule has 118 valence electrons. The van der Waals surface area contributed by atoms with Crippen LogP contribution in [0.1, 0.15) is 41.6 Å². The number of hydrogen-bond acceptors (Lipinski definition) is 4. The second-order valence-electron chi connectivity index (χ2n) is 5.58. The van der Waals surface area contributed by atoms with Crippen molar-refractivity contribution in [3.8, 4) is 0 Å². The standard InChI is InChI=1S/C15H19ClN4OS/c1-10-14(15(16)19(2)18-10)11-4-3-8-20(11)13(21)6-5-12-17-7-9-22-12/h7,9,11H,3-6,8H2,1-2H3/t11-/m0/s1. The number of carbonyl (C=O) groups excluding carboxylic acids is 1. The smallest absolute Gasteiger partial charge is 0.223 e. The molecule has 7 heteroatoms. The molecule has 0 aromatic carbocycles. The molecule has 3 rings (SSSR count). The number of thiazole rings is 1. The Morgan fingerprint density at radius 2 is 2.36 bits per heavy atom. The number of halogens is 1. The first-order valence-corrected chi connectivity index (χ1v) is 8.70. The summed E-state index contributed by atoms with van der Waals surface area (Å²) >= 11 is 7.97. The average Bonchev–Trinajstić information content (AvgIpc) is 3.19. The van der Waals surface area contributed by atoms with Gasteiger partial charge in [0.15, 0.2) is 0 Å². The van der Waals surface area contributed by atoms with Gasteiger partial charge in [-0.15, -0.1) is 11.3 Å². The fourth-order valence-electron chi connectivity index (χ4n) is 3.12. The van der Waals surface area contributed by atoms with Crippen molar-refractivity contribution < 1.29 is 4.79 Å². The van der Waals surface area contributed by atoms with Gasteiger partial charge in [-0.25, -0.2) is 4.98 Å². The molecule has 22 heavy (non-hydrogen) atoms. The zero-order chi connectivity index (χ0) is 15.7. The second kappa shape index (κ2) is 6.38. The van der Waals surface area contributed by atoms with Crippen LogP contribution in [0.15, 0.2) is 11.6 Å². The SMILES string of the molecule is Cc1nn(C)c(Cl)c1[C@@H]1CCCN1C(=O)CCc1nccs1. The van der Waals surface area contributed by atoms with E-state index in [0.29, 0.717) is 18.0 Å². The van der Waals surface area contributed by atoms with Crippen LogP contribution in [-0.2, 0) is 18.3 Å². The Morgan fingerprint density at radius 3 is 3.00 bits per heavy atom. The third kappa shape index (κ3) is 2.90. The van der Waals surface area contributed by atoms with Crippen molar-refractivity contribution in [2.75, 3.05) is 6.54 Å². The first-order chi connectivity index (χ1) is 10.6. The summed E-state index contributed by atoms with van der Waals surface area (Å²) in [6, 6.07) is 0.0602. The zero-order valence-electron chi connectivity index (χ0n) is 12.8. The molecule has 1 aliphatic rings. The molecule has 2 aromatic rings. The molecule has 0 unspecified atom stereocenters. The summed E-state index contributed by atoms with van der Waals surface area (Å²) in [5.41, 5.74) is 1.92. The lowest BCUT2D eigenvalue weighted by molar-refractivity contribution is -0.132. The lowest BCUT2D eigenvalue weighted by atomic mass is 10.1. The topological polar surface area (TPSA) is 51.0 Å². The van der Waals surface area contributed by atoms with Crippen molar-refractivity contribution in [1.29, 1.82) is 0 Å². The fraction of sp³-hybridized carbons (Fsp3) is 0.533. The maximum absolute atomic E-state index is 12.6. The molecule has 0 aliphatic carbocycles. The van der Waals surface area contributed by atoms with Crippen LogP contribution in [0, 0.1) is 6.92 Å². The summed E-state index contributed by atoms with van der Waals surface area (Å²) in [5, 5.41) is 7.97. The Bertz CT molecular complexity index is 667. The predicted molar refractivity (Wildman–Crippen MR) is 87.1 cm³/mol. The molecule has 1 amide bonds. The van der Waals surface area contributed by atoms with Gasteiger partial charge in [-0.2, -0.15) is 5.10 Å². The van der Waals surface area contributed by atoms with Crippen molar-refractivity contribution in [2.45, 2.75) is 38.6 Å². The highest BCUT2D eigenvalue weighted by Gasteiger charge is 2.33. The summed E-state index contributed by atoms with van der Waals surface area (Å²) in [6.45, 7) is 2.75. The van der Waals surface area contributed by atoms with Crippen LogP contribution in [0.5, 0.6) is 0 Å². The lowest BCUT2D eigenvalue weighted by Gasteiger charge is -2.25. The molecular formula is C15H19ClN4OS. The minimum absolute atomic E-state index is 0.0602. The van der Waals surface area contributed by atoms with Gasteiger partial charge in [-0.1, -0.05) is 11.6 Å². The molecule has 1 fully saturated rings. The molecule has 0 radical (unpaired) electrons. The molecule has 0 spiro atoms. The highest BCUT2D eigenvalue weighted by molar-refractivity contribution is 7.09. The third-order valence-electron chi connectivity index (χ3n) is 4.14. The molecule has 1 atom stereocenters. The quantitative estimate of drug-likeness (QED) is 0.860. The normalized spacial score (nSPS) is 18.1. The molecular weight excluding hydrogens is 320 g/mol. The van der Waals surface area contributed by atoms with Crippen molar-refractivity contribution in [3.05, 3.63) is 33.0 Å². The Kier molecular flexibility index (Phi) is 4.49. The van der Waals surface area contributed by atoms with E-state index in [1.54, 1.807) is 22.2 Å². The molecule has 2 aromatic heterocycles. The highest BCUT2D eigenvalue weighted by Crippen LogP contribution is 2.37. The van der Waals surface area contributed by atoms with Crippen molar-refractivity contribution in [3.63, 3.8) is 0 Å². The van der Waals surface area contributed by atoms with E-state index in [1.165, 1.54) is 0 Å². The van der Waals surface area contributed by atoms with E-state index in [9.17, 15) is 4.79 Å². The Labute approximate surface area is 138 Å². The third-order valence-corrected chi connectivity index (χ3v) is 5.43. The second-order valence-corrected chi connectivity index (χ2v) is 6.92. The van der Waals surface area contributed by atoms with E-state index in [4.69, 9.17) is 11.6 Å². The van der Waals surface area contributed by atoms with Gasteiger partial charge in [0, 0.05) is 43.6 Å². The summed E-state index contributed by atoms with van der Waals surface area (Å²) in [6.07, 6.45) is 4.95. The van der Waals surface area contributed by atoms with Gasteiger partial charge in [-0.3, -0.25) is 9.48 Å². The van der Waals surface area contributed by atoms with E-state index >= 15 is 0 Å². The molecule has 3 heterocycles. The van der Waals surface area contributed by atoms with Gasteiger partial charge in [0.1, 0.15) is 5.15 Å². The monoisotopic (exact) mass is 338 g/mol. The number of likely N-dealkylation sites (tertiary alicyclic amines) is 1. The summed E-state index contributed by atoms with van der Waals surface area (Å²) in [4.78, 5) is 18.8. The molecule has 0 bridgehead atoms. The van der Waals surface area contributed by atoms with Gasteiger partial charge in [0.25, 0.3) is 0 Å². The van der Waals surface area contributed by atoms with E-state index in [1.807, 2.05) is 24.3 Å². The van der Waals surface area contributed by atoms with Gasteiger partial charge < -0.3 is 4.90 Å². The van der Waals surface area contributed by atoms with Crippen LogP contribution in [-0.4, -0.2) is 32.1 Å². The van der Waals surface area contributed by atoms with E-state index in [2.05, 4.69) is 10.1 Å². The van der Waals surface area contributed by atoms with E-state index in [-0.39, 0.29) is 11.9 Å². The van der Waals surface area contributed by atoms with Crippen LogP contribution in [0.25, 0.3) is 0 Å². The summed E-state index contributed by atoms with van der Waals surface area (Å²) < 4.78 is 1.68. The minimum atomic E-state index is 0.0602. The Morgan fingerprint density at radius 1 is 1.55 bits per heavy atom. The summed E-state index contributed by atoms with van der Waals surface area (Å²) in [5.74, 6) is 0.178. The number of nitrogens with zero attached hydrogens (tertiary/aromatic N) is 4. The van der Waals surface area contributed by atoms with Crippen LogP contribution in [0.2, 0.25) is 5.15 Å². The number of aryl methyl sites for hydroxylation is 3. The van der Waals surface area contributed by atoms with E-state index in [0.717, 1.165) is 35.7 Å². The minimum Gasteiger partial charge on any atom is -0.335 e. The number of carbonyl (C=O) groups is 1. The van der Waals surface area contributed by atoms with Crippen molar-refractivity contribution >= 4 is 28.8 Å². The zero-order valence-corrected chi connectivity index (χ0v) is 14.3. The van der Waals surface area contributed by atoms with Crippen LogP contribution >= 0.6 is 22.9 Å². The van der Waals surface area contributed by atoms with Gasteiger partial charge in [0.05, 0.1) is 16.7 Å². The lowest BCUT2D eigenvalue weighted by Crippen LogP contribution is -2.31. The van der Waals surface area contributed by atoms with Gasteiger partial charge in [-0.05, 0) is 19.8 Å². The highest BCUT2D eigenvalue weighted by atomic mass is 35.5. The molecule has 5 nitrogen and oxygen atoms in total. The average molecular weight is 339 g/mol. The van der Waals surface area contributed by atoms with Crippen molar-refractivity contribution in [2.24, 2.45) is 7.05 Å².